The molecular formula is C10H10BrClN4. The Morgan fingerprint density at radius 3 is 2.75 bits per heavy atom. The van der Waals surface area contributed by atoms with Crippen molar-refractivity contribution in [2.75, 3.05) is 0 Å². The van der Waals surface area contributed by atoms with Crippen molar-refractivity contribution in [2.45, 2.75) is 19.9 Å². The van der Waals surface area contributed by atoms with Gasteiger partial charge in [-0.15, -0.1) is 0 Å². The SMILES string of the molecule is CC(C)n1cncc1-c1ncc(Br)c(Cl)n1. The molecule has 2 aromatic rings. The first-order valence-electron chi connectivity index (χ1n) is 4.80. The molecule has 2 rings (SSSR count). The maximum Gasteiger partial charge on any atom is 0.179 e. The second-order valence-corrected chi connectivity index (χ2v) is 4.82. The number of rotatable bonds is 2. The lowest BCUT2D eigenvalue weighted by atomic mass is 10.3. The topological polar surface area (TPSA) is 43.6 Å². The normalized spacial score (nSPS) is 11.1. The summed E-state index contributed by atoms with van der Waals surface area (Å²) >= 11 is 9.20. The highest BCUT2D eigenvalue weighted by molar-refractivity contribution is 9.10. The van der Waals surface area contributed by atoms with Crippen molar-refractivity contribution in [3.05, 3.63) is 28.3 Å². The molecule has 0 unspecified atom stereocenters. The molecule has 2 heterocycles. The van der Waals surface area contributed by atoms with Gasteiger partial charge < -0.3 is 4.57 Å². The van der Waals surface area contributed by atoms with E-state index in [1.54, 1.807) is 18.7 Å². The van der Waals surface area contributed by atoms with Gasteiger partial charge in [-0.25, -0.2) is 15.0 Å². The van der Waals surface area contributed by atoms with E-state index in [2.05, 4.69) is 44.7 Å². The summed E-state index contributed by atoms with van der Waals surface area (Å²) < 4.78 is 2.69. The molecule has 0 atom stereocenters. The maximum absolute atomic E-state index is 5.94. The van der Waals surface area contributed by atoms with Crippen LogP contribution in [0.1, 0.15) is 19.9 Å². The van der Waals surface area contributed by atoms with Gasteiger partial charge in [0.15, 0.2) is 5.82 Å². The number of aromatic nitrogens is 4. The van der Waals surface area contributed by atoms with Gasteiger partial charge in [-0.1, -0.05) is 11.6 Å². The third-order valence-corrected chi connectivity index (χ3v) is 3.25. The number of hydrogen-bond donors (Lipinski definition) is 0. The zero-order chi connectivity index (χ0) is 11.7. The van der Waals surface area contributed by atoms with Gasteiger partial charge in [-0.3, -0.25) is 0 Å². The number of imidazole rings is 1. The maximum atomic E-state index is 5.94. The molecular weight excluding hydrogens is 291 g/mol. The minimum absolute atomic E-state index is 0.309. The van der Waals surface area contributed by atoms with Crippen molar-refractivity contribution in [3.8, 4) is 11.5 Å². The Kier molecular flexibility index (Phi) is 3.25. The van der Waals surface area contributed by atoms with Crippen LogP contribution in [0.5, 0.6) is 0 Å². The second kappa shape index (κ2) is 4.51. The van der Waals surface area contributed by atoms with Gasteiger partial charge in [-0.05, 0) is 29.8 Å². The van der Waals surface area contributed by atoms with Gasteiger partial charge in [0.2, 0.25) is 0 Å². The molecule has 6 heteroatoms. The Morgan fingerprint density at radius 2 is 2.12 bits per heavy atom. The lowest BCUT2D eigenvalue weighted by Gasteiger charge is -2.10. The van der Waals surface area contributed by atoms with Gasteiger partial charge in [0.05, 0.1) is 17.0 Å². The highest BCUT2D eigenvalue weighted by Gasteiger charge is 2.11. The van der Waals surface area contributed by atoms with E-state index in [0.29, 0.717) is 21.5 Å². The molecule has 0 aliphatic carbocycles. The largest absolute Gasteiger partial charge is 0.325 e. The van der Waals surface area contributed by atoms with E-state index in [-0.39, 0.29) is 0 Å². The molecule has 0 fully saturated rings. The standard InChI is InChI=1S/C10H10BrClN4/c1-6(2)16-5-13-4-8(16)10-14-3-7(11)9(12)15-10/h3-6H,1-2H3. The molecule has 0 aromatic carbocycles. The van der Waals surface area contributed by atoms with E-state index >= 15 is 0 Å². The monoisotopic (exact) mass is 300 g/mol. The fourth-order valence-corrected chi connectivity index (χ4v) is 1.68. The highest BCUT2D eigenvalue weighted by atomic mass is 79.9. The van der Waals surface area contributed by atoms with E-state index in [4.69, 9.17) is 11.6 Å². The summed E-state index contributed by atoms with van der Waals surface area (Å²) in [5.41, 5.74) is 0.865. The molecule has 2 aromatic heterocycles. The van der Waals surface area contributed by atoms with E-state index < -0.39 is 0 Å². The summed E-state index contributed by atoms with van der Waals surface area (Å²) in [5.74, 6) is 0.583. The summed E-state index contributed by atoms with van der Waals surface area (Å²) in [4.78, 5) is 12.5. The van der Waals surface area contributed by atoms with Crippen LogP contribution in [-0.2, 0) is 0 Å². The quantitative estimate of drug-likeness (QED) is 0.799. The minimum atomic E-state index is 0.309. The van der Waals surface area contributed by atoms with Crippen molar-refractivity contribution < 1.29 is 0 Å². The average Bonchev–Trinajstić information content (AvgIpc) is 2.71. The Labute approximate surface area is 107 Å². The van der Waals surface area contributed by atoms with Crippen LogP contribution in [0.3, 0.4) is 0 Å². The van der Waals surface area contributed by atoms with Crippen LogP contribution in [0.4, 0.5) is 0 Å². The van der Waals surface area contributed by atoms with Crippen LogP contribution in [-0.4, -0.2) is 19.5 Å². The fraction of sp³-hybridized carbons (Fsp3) is 0.300. The molecule has 0 saturated carbocycles. The van der Waals surface area contributed by atoms with Gasteiger partial charge >= 0.3 is 0 Å². The highest BCUT2D eigenvalue weighted by Crippen LogP contribution is 2.24. The summed E-state index contributed by atoms with van der Waals surface area (Å²) in [6, 6.07) is 0.309. The Balaban J connectivity index is 2.50. The number of hydrogen-bond acceptors (Lipinski definition) is 3. The van der Waals surface area contributed by atoms with Gasteiger partial charge in [0, 0.05) is 12.2 Å². The number of nitrogens with zero attached hydrogens (tertiary/aromatic N) is 4. The molecule has 0 saturated heterocycles. The summed E-state index contributed by atoms with van der Waals surface area (Å²) in [6.07, 6.45) is 5.14. The van der Waals surface area contributed by atoms with E-state index in [9.17, 15) is 0 Å². The third-order valence-electron chi connectivity index (χ3n) is 2.15. The van der Waals surface area contributed by atoms with Gasteiger partial charge in [-0.2, -0.15) is 0 Å². The third kappa shape index (κ3) is 2.10. The van der Waals surface area contributed by atoms with Crippen molar-refractivity contribution in [1.29, 1.82) is 0 Å². The van der Waals surface area contributed by atoms with Crippen LogP contribution in [0.15, 0.2) is 23.2 Å². The fourth-order valence-electron chi connectivity index (χ4n) is 1.36. The predicted molar refractivity (Wildman–Crippen MR) is 66.3 cm³/mol. The van der Waals surface area contributed by atoms with Crippen molar-refractivity contribution in [2.24, 2.45) is 0 Å². The zero-order valence-corrected chi connectivity index (χ0v) is 11.2. The lowest BCUT2D eigenvalue weighted by Crippen LogP contribution is -2.03. The predicted octanol–water partition coefficient (Wildman–Crippen LogP) is 3.34. The molecule has 0 radical (unpaired) electrons. The molecule has 16 heavy (non-hydrogen) atoms. The van der Waals surface area contributed by atoms with Gasteiger partial charge in [0.25, 0.3) is 0 Å². The van der Waals surface area contributed by atoms with E-state index in [0.717, 1.165) is 5.69 Å². The molecule has 0 spiro atoms. The summed E-state index contributed by atoms with van der Waals surface area (Å²) in [5, 5.41) is 0.404. The number of halogens is 2. The molecule has 0 aliphatic rings. The molecule has 0 aliphatic heterocycles. The summed E-state index contributed by atoms with van der Waals surface area (Å²) in [7, 11) is 0. The first kappa shape index (κ1) is 11.5. The first-order chi connectivity index (χ1) is 7.59. The van der Waals surface area contributed by atoms with Crippen LogP contribution < -0.4 is 0 Å². The van der Waals surface area contributed by atoms with Crippen LogP contribution in [0, 0.1) is 0 Å². The Hall–Kier alpha value is -0.940. The van der Waals surface area contributed by atoms with Crippen molar-refractivity contribution in [3.63, 3.8) is 0 Å². The zero-order valence-electron chi connectivity index (χ0n) is 8.85. The van der Waals surface area contributed by atoms with Crippen LogP contribution >= 0.6 is 27.5 Å². The van der Waals surface area contributed by atoms with Crippen molar-refractivity contribution in [1.82, 2.24) is 19.5 Å². The molecule has 0 amide bonds. The molecule has 84 valence electrons. The minimum Gasteiger partial charge on any atom is -0.325 e. The Bertz CT molecular complexity index is 509. The molecule has 0 bridgehead atoms. The van der Waals surface area contributed by atoms with Crippen LogP contribution in [0.2, 0.25) is 5.15 Å². The molecule has 4 nitrogen and oxygen atoms in total. The summed E-state index contributed by atoms with van der Waals surface area (Å²) in [6.45, 7) is 4.15. The van der Waals surface area contributed by atoms with E-state index in [1.165, 1.54) is 0 Å². The van der Waals surface area contributed by atoms with E-state index in [1.807, 2.05) is 4.57 Å². The first-order valence-corrected chi connectivity index (χ1v) is 5.97. The lowest BCUT2D eigenvalue weighted by molar-refractivity contribution is 0.603. The average molecular weight is 302 g/mol. The van der Waals surface area contributed by atoms with Gasteiger partial charge in [0.1, 0.15) is 10.8 Å². The molecule has 0 N–H and O–H groups in total. The van der Waals surface area contributed by atoms with Crippen LogP contribution in [0.25, 0.3) is 11.5 Å². The smallest absolute Gasteiger partial charge is 0.179 e. The van der Waals surface area contributed by atoms with Crippen molar-refractivity contribution >= 4 is 27.5 Å². The second-order valence-electron chi connectivity index (χ2n) is 3.61. The Morgan fingerprint density at radius 1 is 1.38 bits per heavy atom.